The number of carboxylic acids is 1. The molecular formula is C31H38ClN3O7S2. The third-order valence-corrected chi connectivity index (χ3v) is 11.6. The molecule has 3 rings (SSSR count). The Labute approximate surface area is 264 Å². The second kappa shape index (κ2) is 15.6. The molecule has 0 saturated carbocycles. The Hall–Kier alpha value is -3.32. The number of amides is 1. The van der Waals surface area contributed by atoms with Crippen LogP contribution in [0.15, 0.2) is 65.8 Å². The number of hydrogen-bond acceptors (Lipinski definition) is 7. The van der Waals surface area contributed by atoms with Crippen molar-refractivity contribution in [3.63, 3.8) is 0 Å². The highest BCUT2D eigenvalue weighted by Gasteiger charge is 2.31. The van der Waals surface area contributed by atoms with Gasteiger partial charge in [0.25, 0.3) is 0 Å². The van der Waals surface area contributed by atoms with Gasteiger partial charge in [0.15, 0.2) is 9.84 Å². The van der Waals surface area contributed by atoms with E-state index < -0.39 is 37.8 Å². The summed E-state index contributed by atoms with van der Waals surface area (Å²) >= 11 is 6.28. The summed E-state index contributed by atoms with van der Waals surface area (Å²) in [5, 5.41) is 11.6. The molecule has 1 amide bonds. The Balaban J connectivity index is 1.77. The quantitative estimate of drug-likeness (QED) is 0.219. The molecule has 10 nitrogen and oxygen atoms in total. The lowest BCUT2D eigenvalue weighted by Crippen LogP contribution is -2.36. The highest BCUT2D eigenvalue weighted by Crippen LogP contribution is 2.33. The lowest BCUT2D eigenvalue weighted by Gasteiger charge is -2.30. The number of carbonyl (C=O) groups excluding carboxylic acids is 1. The van der Waals surface area contributed by atoms with Crippen molar-refractivity contribution >= 4 is 43.3 Å². The predicted octanol–water partition coefficient (Wildman–Crippen LogP) is 4.95. The number of sulfone groups is 1. The van der Waals surface area contributed by atoms with Crippen molar-refractivity contribution in [1.29, 1.82) is 0 Å². The van der Waals surface area contributed by atoms with E-state index >= 15 is 0 Å². The molecule has 3 aromatic rings. The van der Waals surface area contributed by atoms with Crippen molar-refractivity contribution in [3.05, 3.63) is 82.6 Å². The van der Waals surface area contributed by atoms with Crippen LogP contribution in [0.25, 0.3) is 11.1 Å². The lowest BCUT2D eigenvalue weighted by molar-refractivity contribution is -0.137. The molecule has 2 aromatic carbocycles. The van der Waals surface area contributed by atoms with Crippen molar-refractivity contribution in [3.8, 4) is 11.1 Å². The zero-order valence-corrected chi connectivity index (χ0v) is 27.4. The van der Waals surface area contributed by atoms with Gasteiger partial charge in [0.2, 0.25) is 15.9 Å². The van der Waals surface area contributed by atoms with E-state index in [1.807, 2.05) is 37.3 Å². The van der Waals surface area contributed by atoms with Crippen LogP contribution < -0.4 is 5.32 Å². The van der Waals surface area contributed by atoms with Crippen molar-refractivity contribution in [2.45, 2.75) is 57.4 Å². The van der Waals surface area contributed by atoms with Crippen LogP contribution in [0.3, 0.4) is 0 Å². The number of rotatable bonds is 16. The average Bonchev–Trinajstić information content (AvgIpc) is 2.96. The van der Waals surface area contributed by atoms with Gasteiger partial charge < -0.3 is 10.4 Å². The summed E-state index contributed by atoms with van der Waals surface area (Å²) in [6.07, 6.45) is 3.39. The van der Waals surface area contributed by atoms with Gasteiger partial charge in [0.05, 0.1) is 16.4 Å². The molecule has 0 spiro atoms. The first kappa shape index (κ1) is 35.2. The Kier molecular flexibility index (Phi) is 12.5. The first-order chi connectivity index (χ1) is 20.7. The average molecular weight is 664 g/mol. The van der Waals surface area contributed by atoms with Crippen LogP contribution >= 0.6 is 11.6 Å². The van der Waals surface area contributed by atoms with Gasteiger partial charge in [0, 0.05) is 49.4 Å². The van der Waals surface area contributed by atoms with Crippen LogP contribution in [0.5, 0.6) is 0 Å². The molecule has 0 fully saturated rings. The Bertz CT molecular complexity index is 1700. The molecule has 0 radical (unpaired) electrons. The Morgan fingerprint density at radius 3 is 2.43 bits per heavy atom. The van der Waals surface area contributed by atoms with Crippen molar-refractivity contribution < 1.29 is 31.5 Å². The third-order valence-electron chi connectivity index (χ3n) is 7.30. The number of nitrogens with zero attached hydrogens (tertiary/aromatic N) is 2. The summed E-state index contributed by atoms with van der Waals surface area (Å²) in [7, 11) is -7.56. The second-order valence-electron chi connectivity index (χ2n) is 10.6. The van der Waals surface area contributed by atoms with Crippen LogP contribution in [0.2, 0.25) is 5.02 Å². The number of halogens is 1. The second-order valence-corrected chi connectivity index (χ2v) is 15.1. The lowest BCUT2D eigenvalue weighted by atomic mass is 9.98. The first-order valence-corrected chi connectivity index (χ1v) is 17.8. The summed E-state index contributed by atoms with van der Waals surface area (Å²) in [5.41, 5.74) is 4.07. The van der Waals surface area contributed by atoms with Gasteiger partial charge in [-0.05, 0) is 85.7 Å². The Morgan fingerprint density at radius 2 is 1.73 bits per heavy atom. The molecule has 0 aliphatic carbocycles. The number of carboxylic acid groups (broad SMARTS) is 1. The number of pyridine rings is 1. The molecule has 0 bridgehead atoms. The minimum absolute atomic E-state index is 0.00524. The van der Waals surface area contributed by atoms with E-state index in [1.54, 1.807) is 38.4 Å². The van der Waals surface area contributed by atoms with E-state index in [1.165, 1.54) is 10.4 Å². The maximum Gasteiger partial charge on any atom is 0.303 e. The third kappa shape index (κ3) is 9.59. The van der Waals surface area contributed by atoms with Gasteiger partial charge in [-0.25, -0.2) is 16.8 Å². The van der Waals surface area contributed by atoms with Gasteiger partial charge in [-0.3, -0.25) is 14.6 Å². The summed E-state index contributed by atoms with van der Waals surface area (Å²) in [6, 6.07) is 13.7. The maximum atomic E-state index is 14.1. The summed E-state index contributed by atoms with van der Waals surface area (Å²) in [6.45, 7) is 5.31. The highest BCUT2D eigenvalue weighted by molar-refractivity contribution is 7.91. The van der Waals surface area contributed by atoms with Crippen LogP contribution in [0.4, 0.5) is 0 Å². The maximum absolute atomic E-state index is 14.1. The van der Waals surface area contributed by atoms with Crippen LogP contribution in [-0.4, -0.2) is 67.7 Å². The normalized spacial score (nSPS) is 12.7. The number of aryl methyl sites for hydroxylation is 1. The summed E-state index contributed by atoms with van der Waals surface area (Å²) in [4.78, 5) is 27.4. The number of aromatic nitrogens is 1. The molecule has 0 aliphatic heterocycles. The topological polar surface area (TPSA) is 151 Å². The van der Waals surface area contributed by atoms with E-state index in [0.717, 1.165) is 22.3 Å². The molecular weight excluding hydrogens is 626 g/mol. The molecule has 238 valence electrons. The molecule has 0 aliphatic rings. The number of hydrogen-bond donors (Lipinski definition) is 2. The smallest absolute Gasteiger partial charge is 0.303 e. The first-order valence-electron chi connectivity index (χ1n) is 14.2. The summed E-state index contributed by atoms with van der Waals surface area (Å²) in [5.74, 6) is -2.06. The predicted molar refractivity (Wildman–Crippen MR) is 171 cm³/mol. The molecule has 1 aromatic heterocycles. The monoisotopic (exact) mass is 663 g/mol. The zero-order valence-electron chi connectivity index (χ0n) is 25.0. The molecule has 0 saturated heterocycles. The summed E-state index contributed by atoms with van der Waals surface area (Å²) < 4.78 is 53.7. The minimum atomic E-state index is -4.05. The van der Waals surface area contributed by atoms with Gasteiger partial charge in [-0.2, -0.15) is 4.31 Å². The number of nitrogens with one attached hydrogen (secondary N) is 1. The number of benzene rings is 2. The van der Waals surface area contributed by atoms with Gasteiger partial charge in [0.1, 0.15) is 0 Å². The van der Waals surface area contributed by atoms with Crippen LogP contribution in [-0.2, 0) is 29.4 Å². The number of carbonyl (C=O) groups is 2. The van der Waals surface area contributed by atoms with E-state index in [9.17, 15) is 26.4 Å². The molecule has 13 heteroatoms. The van der Waals surface area contributed by atoms with Crippen molar-refractivity contribution in [2.75, 3.05) is 24.6 Å². The molecule has 2 N–H and O–H groups in total. The fourth-order valence-corrected chi connectivity index (χ4v) is 8.16. The standard InChI is InChI=1S/C31H38ClN3O7S2/c1-22-21-33-15-14-27(22)26-9-4-8-25(20-26)24(3)35(44(41,42)29-11-5-10-28(32)23(29)2)17-6-12-30(36)34-16-19-43(39,40)18-7-13-31(37)38/h4-5,8-11,14-15,20-21,24H,6-7,12-13,16-19H2,1-3H3,(H,34,36)(H,37,38)/t24-/m0/s1. The van der Waals surface area contributed by atoms with E-state index in [-0.39, 0.29) is 55.2 Å². The molecule has 0 unspecified atom stereocenters. The van der Waals surface area contributed by atoms with E-state index in [2.05, 4.69) is 10.3 Å². The number of aliphatic carboxylic acids is 1. The van der Waals surface area contributed by atoms with Crippen LogP contribution in [0, 0.1) is 13.8 Å². The van der Waals surface area contributed by atoms with Crippen LogP contribution in [0.1, 0.15) is 55.3 Å². The molecule has 44 heavy (non-hydrogen) atoms. The SMILES string of the molecule is Cc1cnccc1-c1cccc([C@H](C)N(CCCC(=O)NCCS(=O)(=O)CCCC(=O)O)S(=O)(=O)c2cccc(Cl)c2C)c1. The van der Waals surface area contributed by atoms with E-state index in [4.69, 9.17) is 16.7 Å². The van der Waals surface area contributed by atoms with Gasteiger partial charge in [-0.1, -0.05) is 35.9 Å². The fourth-order valence-electron chi connectivity index (χ4n) is 4.82. The largest absolute Gasteiger partial charge is 0.481 e. The number of sulfonamides is 1. The van der Waals surface area contributed by atoms with E-state index in [0.29, 0.717) is 10.6 Å². The fraction of sp³-hybridized carbons (Fsp3) is 0.387. The van der Waals surface area contributed by atoms with Gasteiger partial charge in [-0.15, -0.1) is 0 Å². The molecule has 1 atom stereocenters. The van der Waals surface area contributed by atoms with Crippen molar-refractivity contribution in [2.24, 2.45) is 0 Å². The van der Waals surface area contributed by atoms with Crippen molar-refractivity contribution in [1.82, 2.24) is 14.6 Å². The Morgan fingerprint density at radius 1 is 1.00 bits per heavy atom. The molecule has 1 heterocycles. The van der Waals surface area contributed by atoms with Gasteiger partial charge >= 0.3 is 5.97 Å². The zero-order chi connectivity index (χ0) is 32.5. The minimum Gasteiger partial charge on any atom is -0.481 e. The highest BCUT2D eigenvalue weighted by atomic mass is 35.5.